The highest BCUT2D eigenvalue weighted by molar-refractivity contribution is 7.89. The summed E-state index contributed by atoms with van der Waals surface area (Å²) in [4.78, 5) is 0.383. The quantitative estimate of drug-likeness (QED) is 0.706. The Morgan fingerprint density at radius 3 is 2.57 bits per heavy atom. The third kappa shape index (κ3) is 4.51. The van der Waals surface area contributed by atoms with E-state index < -0.39 is 10.0 Å². The van der Waals surface area contributed by atoms with Crippen molar-refractivity contribution in [2.24, 2.45) is 0 Å². The predicted octanol–water partition coefficient (Wildman–Crippen LogP) is 1.76. The number of nitrogens with one attached hydrogen (secondary N) is 1. The molecule has 1 aromatic rings. The lowest BCUT2D eigenvalue weighted by atomic mass is 10.1. The number of nitrogens with zero attached hydrogens (tertiary/aromatic N) is 1. The van der Waals surface area contributed by atoms with Crippen molar-refractivity contribution in [3.8, 4) is 0 Å². The van der Waals surface area contributed by atoms with E-state index in [1.807, 2.05) is 33.9 Å². The van der Waals surface area contributed by atoms with Gasteiger partial charge in [-0.05, 0) is 38.1 Å². The zero-order valence-corrected chi connectivity index (χ0v) is 14.2. The van der Waals surface area contributed by atoms with Gasteiger partial charge in [-0.3, -0.25) is 0 Å². The van der Waals surface area contributed by atoms with Crippen LogP contribution in [0, 0.1) is 6.92 Å². The van der Waals surface area contributed by atoms with Gasteiger partial charge in [0, 0.05) is 26.2 Å². The number of likely N-dealkylation sites (N-methyl/N-ethyl adjacent to an activating group) is 1. The van der Waals surface area contributed by atoms with Gasteiger partial charge in [0.05, 0.1) is 11.5 Å². The molecular weight excluding hydrogens is 288 g/mol. The zero-order chi connectivity index (χ0) is 15.9. The van der Waals surface area contributed by atoms with Crippen molar-refractivity contribution in [2.75, 3.05) is 33.4 Å². The summed E-state index contributed by atoms with van der Waals surface area (Å²) in [5.74, 6) is 0. The molecular formula is C15H26N2O3S. The van der Waals surface area contributed by atoms with Crippen molar-refractivity contribution in [3.63, 3.8) is 0 Å². The van der Waals surface area contributed by atoms with Crippen molar-refractivity contribution >= 4 is 10.0 Å². The smallest absolute Gasteiger partial charge is 0.243 e. The fourth-order valence-corrected chi connectivity index (χ4v) is 3.92. The first-order chi connectivity index (χ1) is 9.98. The van der Waals surface area contributed by atoms with Gasteiger partial charge in [-0.15, -0.1) is 0 Å². The molecule has 0 aliphatic heterocycles. The van der Waals surface area contributed by atoms with E-state index in [9.17, 15) is 8.42 Å². The molecule has 0 aliphatic rings. The Labute approximate surface area is 128 Å². The minimum atomic E-state index is -3.48. The maximum absolute atomic E-state index is 12.8. The van der Waals surface area contributed by atoms with E-state index in [1.54, 1.807) is 12.1 Å². The first kappa shape index (κ1) is 18.1. The van der Waals surface area contributed by atoms with Gasteiger partial charge in [0.1, 0.15) is 0 Å². The van der Waals surface area contributed by atoms with E-state index in [1.165, 1.54) is 4.31 Å². The summed E-state index contributed by atoms with van der Waals surface area (Å²) in [7, 11) is -1.63. The van der Waals surface area contributed by atoms with E-state index >= 15 is 0 Å². The summed E-state index contributed by atoms with van der Waals surface area (Å²) in [6.45, 7) is 8.07. The molecule has 1 N–H and O–H groups in total. The maximum Gasteiger partial charge on any atom is 0.243 e. The second kappa shape index (κ2) is 8.48. The first-order valence-electron chi connectivity index (χ1n) is 7.30. The largest absolute Gasteiger partial charge is 0.380 e. The molecule has 0 saturated heterocycles. The lowest BCUT2D eigenvalue weighted by Crippen LogP contribution is -2.34. The molecule has 0 saturated carbocycles. The highest BCUT2D eigenvalue weighted by Gasteiger charge is 2.25. The van der Waals surface area contributed by atoms with E-state index in [0.717, 1.165) is 11.1 Å². The molecule has 0 atom stereocenters. The topological polar surface area (TPSA) is 58.6 Å². The van der Waals surface area contributed by atoms with Crippen LogP contribution in [0.4, 0.5) is 0 Å². The van der Waals surface area contributed by atoms with Crippen LogP contribution in [0.1, 0.15) is 25.0 Å². The number of hydrogen-bond acceptors (Lipinski definition) is 4. The second-order valence-electron chi connectivity index (χ2n) is 4.76. The Bertz CT molecular complexity index is 544. The second-order valence-corrected chi connectivity index (χ2v) is 6.67. The maximum atomic E-state index is 12.8. The highest BCUT2D eigenvalue weighted by Crippen LogP contribution is 2.22. The van der Waals surface area contributed by atoms with Crippen LogP contribution in [0.5, 0.6) is 0 Å². The molecule has 21 heavy (non-hydrogen) atoms. The summed E-state index contributed by atoms with van der Waals surface area (Å²) >= 11 is 0. The number of ether oxygens (including phenoxy) is 1. The third-order valence-electron chi connectivity index (χ3n) is 3.42. The third-order valence-corrected chi connectivity index (χ3v) is 5.54. The molecule has 6 heteroatoms. The molecule has 0 unspecified atom stereocenters. The van der Waals surface area contributed by atoms with Crippen LogP contribution in [-0.2, 0) is 21.3 Å². The molecule has 0 spiro atoms. The molecule has 0 radical (unpaired) electrons. The van der Waals surface area contributed by atoms with Crippen LogP contribution < -0.4 is 5.32 Å². The molecule has 5 nitrogen and oxygen atoms in total. The van der Waals surface area contributed by atoms with E-state index in [-0.39, 0.29) is 0 Å². The molecule has 0 fully saturated rings. The summed E-state index contributed by atoms with van der Waals surface area (Å²) < 4.78 is 32.3. The van der Waals surface area contributed by atoms with Crippen molar-refractivity contribution in [1.82, 2.24) is 9.62 Å². The zero-order valence-electron chi connectivity index (χ0n) is 13.3. The molecule has 1 aromatic carbocycles. The predicted molar refractivity (Wildman–Crippen MR) is 84.9 cm³/mol. The molecule has 120 valence electrons. The summed E-state index contributed by atoms with van der Waals surface area (Å²) in [5, 5.41) is 3.06. The van der Waals surface area contributed by atoms with Gasteiger partial charge >= 0.3 is 0 Å². The lowest BCUT2D eigenvalue weighted by molar-refractivity contribution is 0.135. The Morgan fingerprint density at radius 2 is 2.00 bits per heavy atom. The molecule has 0 amide bonds. The van der Waals surface area contributed by atoms with Crippen molar-refractivity contribution < 1.29 is 13.2 Å². The molecule has 0 aromatic heterocycles. The average Bonchev–Trinajstić information content (AvgIpc) is 2.45. The average molecular weight is 314 g/mol. The number of benzene rings is 1. The van der Waals surface area contributed by atoms with Crippen LogP contribution in [0.15, 0.2) is 23.1 Å². The summed E-state index contributed by atoms with van der Waals surface area (Å²) in [5.41, 5.74) is 1.81. The minimum Gasteiger partial charge on any atom is -0.380 e. The van der Waals surface area contributed by atoms with Gasteiger partial charge in [-0.2, -0.15) is 4.31 Å². The number of rotatable bonds is 9. The fourth-order valence-electron chi connectivity index (χ4n) is 2.22. The van der Waals surface area contributed by atoms with E-state index in [0.29, 0.717) is 37.7 Å². The SMILES string of the molecule is CCOCCN(CC)S(=O)(=O)c1cccc(CNC)c1C. The van der Waals surface area contributed by atoms with Crippen molar-refractivity contribution in [1.29, 1.82) is 0 Å². The lowest BCUT2D eigenvalue weighted by Gasteiger charge is -2.22. The van der Waals surface area contributed by atoms with Crippen LogP contribution in [0.2, 0.25) is 0 Å². The monoisotopic (exact) mass is 314 g/mol. The Morgan fingerprint density at radius 1 is 1.29 bits per heavy atom. The Balaban J connectivity index is 3.08. The van der Waals surface area contributed by atoms with Gasteiger partial charge in [0.25, 0.3) is 0 Å². The van der Waals surface area contributed by atoms with Gasteiger partial charge in [-0.1, -0.05) is 19.1 Å². The number of sulfonamides is 1. The molecule has 0 aliphatic carbocycles. The van der Waals surface area contributed by atoms with Crippen LogP contribution >= 0.6 is 0 Å². The van der Waals surface area contributed by atoms with Crippen molar-refractivity contribution in [2.45, 2.75) is 32.2 Å². The van der Waals surface area contributed by atoms with E-state index in [4.69, 9.17) is 4.74 Å². The van der Waals surface area contributed by atoms with Crippen LogP contribution in [-0.4, -0.2) is 46.1 Å². The molecule has 1 rings (SSSR count). The molecule has 0 heterocycles. The first-order valence-corrected chi connectivity index (χ1v) is 8.74. The minimum absolute atomic E-state index is 0.377. The normalized spacial score (nSPS) is 12.0. The summed E-state index contributed by atoms with van der Waals surface area (Å²) in [6.07, 6.45) is 0. The van der Waals surface area contributed by atoms with Gasteiger partial charge in [0.15, 0.2) is 0 Å². The fraction of sp³-hybridized carbons (Fsp3) is 0.600. The molecule has 0 bridgehead atoms. The number of hydrogen-bond donors (Lipinski definition) is 1. The van der Waals surface area contributed by atoms with Crippen molar-refractivity contribution in [3.05, 3.63) is 29.3 Å². The van der Waals surface area contributed by atoms with Gasteiger partial charge < -0.3 is 10.1 Å². The Kier molecular flexibility index (Phi) is 7.31. The van der Waals surface area contributed by atoms with Gasteiger partial charge in [0.2, 0.25) is 10.0 Å². The van der Waals surface area contributed by atoms with Crippen LogP contribution in [0.3, 0.4) is 0 Å². The van der Waals surface area contributed by atoms with Crippen LogP contribution in [0.25, 0.3) is 0 Å². The van der Waals surface area contributed by atoms with Gasteiger partial charge in [-0.25, -0.2) is 8.42 Å². The standard InChI is InChI=1S/C15H26N2O3S/c1-5-17(10-11-20-6-2)21(18,19)15-9-7-8-14(12-16-4)13(15)3/h7-9,16H,5-6,10-12H2,1-4H3. The Hall–Kier alpha value is -0.950. The highest BCUT2D eigenvalue weighted by atomic mass is 32.2. The van der Waals surface area contributed by atoms with E-state index in [2.05, 4.69) is 5.32 Å². The summed E-state index contributed by atoms with van der Waals surface area (Å²) in [6, 6.07) is 5.41.